The van der Waals surface area contributed by atoms with Gasteiger partial charge < -0.3 is 10.4 Å². The van der Waals surface area contributed by atoms with Gasteiger partial charge in [0, 0.05) is 18.7 Å². The van der Waals surface area contributed by atoms with E-state index in [0.717, 1.165) is 11.1 Å². The molecule has 1 fully saturated rings. The number of phenolic OH excluding ortho intramolecular Hbond substituents is 1. The van der Waals surface area contributed by atoms with Gasteiger partial charge in [-0.3, -0.25) is 14.5 Å². The zero-order valence-electron chi connectivity index (χ0n) is 15.3. The Morgan fingerprint density at radius 3 is 2.64 bits per heavy atom. The van der Waals surface area contributed by atoms with E-state index in [1.807, 2.05) is 37.3 Å². The van der Waals surface area contributed by atoms with Crippen LogP contribution >= 0.6 is 24.0 Å². The first-order valence-corrected chi connectivity index (χ1v) is 10.1. The van der Waals surface area contributed by atoms with Gasteiger partial charge in [-0.05, 0) is 54.8 Å². The second-order valence-corrected chi connectivity index (χ2v) is 8.06. The number of thiocarbonyl (C=S) groups is 1. The summed E-state index contributed by atoms with van der Waals surface area (Å²) >= 11 is 6.64. The molecule has 1 saturated heterocycles. The van der Waals surface area contributed by atoms with Gasteiger partial charge in [0.25, 0.3) is 5.91 Å². The molecule has 0 atom stereocenters. The molecule has 7 heteroatoms. The van der Waals surface area contributed by atoms with E-state index in [4.69, 9.17) is 12.2 Å². The largest absolute Gasteiger partial charge is 0.508 e. The zero-order valence-corrected chi connectivity index (χ0v) is 17.0. The summed E-state index contributed by atoms with van der Waals surface area (Å²) in [5.74, 6) is -0.116. The fourth-order valence-electron chi connectivity index (χ4n) is 2.75. The van der Waals surface area contributed by atoms with Gasteiger partial charge in [0.05, 0.1) is 4.91 Å². The second kappa shape index (κ2) is 9.03. The molecular formula is C21H20N2O3S2. The van der Waals surface area contributed by atoms with Crippen molar-refractivity contribution in [1.82, 2.24) is 4.90 Å². The minimum atomic E-state index is -0.147. The first kappa shape index (κ1) is 20.1. The molecule has 28 heavy (non-hydrogen) atoms. The van der Waals surface area contributed by atoms with Crippen LogP contribution < -0.4 is 5.32 Å². The Kier molecular flexibility index (Phi) is 6.49. The molecule has 144 valence electrons. The van der Waals surface area contributed by atoms with E-state index in [1.165, 1.54) is 23.9 Å². The lowest BCUT2D eigenvalue weighted by Gasteiger charge is -2.14. The molecule has 3 rings (SSSR count). The topological polar surface area (TPSA) is 69.6 Å². The van der Waals surface area contributed by atoms with Crippen molar-refractivity contribution in [3.05, 3.63) is 64.6 Å². The van der Waals surface area contributed by atoms with Crippen LogP contribution in [0.25, 0.3) is 6.08 Å². The molecular weight excluding hydrogens is 392 g/mol. The van der Waals surface area contributed by atoms with E-state index in [0.29, 0.717) is 27.9 Å². The minimum absolute atomic E-state index is 0.114. The summed E-state index contributed by atoms with van der Waals surface area (Å²) in [4.78, 5) is 26.9. The van der Waals surface area contributed by atoms with Crippen molar-refractivity contribution in [2.45, 2.75) is 19.8 Å². The predicted octanol–water partition coefficient (Wildman–Crippen LogP) is 4.32. The van der Waals surface area contributed by atoms with Gasteiger partial charge in [0.15, 0.2) is 0 Å². The first-order valence-electron chi connectivity index (χ1n) is 8.84. The maximum absolute atomic E-state index is 12.7. The standard InChI is InChI=1S/C21H20N2O3S2/c1-14-5-2-3-6-15(14)13-18-20(26)23(21(27)28-18)12-4-7-19(25)22-16-8-10-17(24)11-9-16/h2-3,5-6,8-11,13,24H,4,7,12H2,1H3,(H,22,25)/b18-13-. The van der Waals surface area contributed by atoms with Crippen molar-refractivity contribution >= 4 is 51.9 Å². The summed E-state index contributed by atoms with van der Waals surface area (Å²) in [6, 6.07) is 14.1. The summed E-state index contributed by atoms with van der Waals surface area (Å²) in [5, 5.41) is 12.0. The van der Waals surface area contributed by atoms with Crippen LogP contribution in [-0.4, -0.2) is 32.7 Å². The third kappa shape index (κ3) is 4.99. The summed E-state index contributed by atoms with van der Waals surface area (Å²) < 4.78 is 0.517. The van der Waals surface area contributed by atoms with E-state index >= 15 is 0 Å². The molecule has 0 aliphatic carbocycles. The quantitative estimate of drug-likeness (QED) is 0.420. The number of amides is 2. The number of nitrogens with one attached hydrogen (secondary N) is 1. The van der Waals surface area contributed by atoms with Crippen LogP contribution in [0.5, 0.6) is 5.75 Å². The molecule has 2 aromatic rings. The predicted molar refractivity (Wildman–Crippen MR) is 117 cm³/mol. The lowest BCUT2D eigenvalue weighted by Crippen LogP contribution is -2.29. The van der Waals surface area contributed by atoms with Crippen molar-refractivity contribution < 1.29 is 14.7 Å². The summed E-state index contributed by atoms with van der Waals surface area (Å²) in [6.07, 6.45) is 2.65. The number of nitrogens with zero attached hydrogens (tertiary/aromatic N) is 1. The Hall–Kier alpha value is -2.64. The SMILES string of the molecule is Cc1ccccc1/C=C1\SC(=S)N(CCCC(=O)Nc2ccc(O)cc2)C1=O. The molecule has 1 aliphatic heterocycles. The van der Waals surface area contributed by atoms with Crippen molar-refractivity contribution in [1.29, 1.82) is 0 Å². The molecule has 2 aromatic carbocycles. The van der Waals surface area contributed by atoms with Crippen LogP contribution in [0.3, 0.4) is 0 Å². The molecule has 0 spiro atoms. The van der Waals surface area contributed by atoms with E-state index in [2.05, 4.69) is 5.32 Å². The number of hydrogen-bond acceptors (Lipinski definition) is 5. The number of carbonyl (C=O) groups is 2. The minimum Gasteiger partial charge on any atom is -0.508 e. The van der Waals surface area contributed by atoms with Crippen LogP contribution in [0.4, 0.5) is 5.69 Å². The van der Waals surface area contributed by atoms with Gasteiger partial charge >= 0.3 is 0 Å². The third-order valence-corrected chi connectivity index (χ3v) is 5.66. The molecule has 1 heterocycles. The number of carbonyl (C=O) groups excluding carboxylic acids is 2. The highest BCUT2D eigenvalue weighted by Gasteiger charge is 2.31. The number of aryl methyl sites for hydroxylation is 1. The van der Waals surface area contributed by atoms with Crippen LogP contribution in [-0.2, 0) is 9.59 Å². The smallest absolute Gasteiger partial charge is 0.266 e. The number of hydrogen-bond donors (Lipinski definition) is 2. The highest BCUT2D eigenvalue weighted by molar-refractivity contribution is 8.26. The third-order valence-electron chi connectivity index (χ3n) is 4.29. The van der Waals surface area contributed by atoms with E-state index < -0.39 is 0 Å². The van der Waals surface area contributed by atoms with E-state index in [9.17, 15) is 14.7 Å². The van der Waals surface area contributed by atoms with Gasteiger partial charge in [-0.25, -0.2) is 0 Å². The Morgan fingerprint density at radius 2 is 1.93 bits per heavy atom. The average Bonchev–Trinajstić information content (AvgIpc) is 2.93. The van der Waals surface area contributed by atoms with Gasteiger partial charge in [-0.1, -0.05) is 48.2 Å². The molecule has 2 N–H and O–H groups in total. The van der Waals surface area contributed by atoms with Crippen LogP contribution in [0, 0.1) is 6.92 Å². The molecule has 0 radical (unpaired) electrons. The van der Waals surface area contributed by atoms with E-state index in [-0.39, 0.29) is 24.0 Å². The highest BCUT2D eigenvalue weighted by Crippen LogP contribution is 2.33. The molecule has 0 unspecified atom stereocenters. The molecule has 5 nitrogen and oxygen atoms in total. The molecule has 1 aliphatic rings. The van der Waals surface area contributed by atoms with Crippen LogP contribution in [0.15, 0.2) is 53.4 Å². The summed E-state index contributed by atoms with van der Waals surface area (Å²) in [7, 11) is 0. The number of phenols is 1. The van der Waals surface area contributed by atoms with Gasteiger partial charge in [-0.2, -0.15) is 0 Å². The molecule has 0 saturated carbocycles. The molecule has 2 amide bonds. The number of anilines is 1. The fraction of sp³-hybridized carbons (Fsp3) is 0.190. The van der Waals surface area contributed by atoms with Crippen molar-refractivity contribution in [3.63, 3.8) is 0 Å². The van der Waals surface area contributed by atoms with E-state index in [1.54, 1.807) is 17.0 Å². The highest BCUT2D eigenvalue weighted by atomic mass is 32.2. The van der Waals surface area contributed by atoms with Crippen LogP contribution in [0.2, 0.25) is 0 Å². The summed E-state index contributed by atoms with van der Waals surface area (Å²) in [6.45, 7) is 2.40. The maximum atomic E-state index is 12.7. The average molecular weight is 413 g/mol. The number of benzene rings is 2. The van der Waals surface area contributed by atoms with Crippen molar-refractivity contribution in [3.8, 4) is 5.75 Å². The van der Waals surface area contributed by atoms with Crippen molar-refractivity contribution in [2.24, 2.45) is 0 Å². The fourth-order valence-corrected chi connectivity index (χ4v) is 4.05. The Bertz CT molecular complexity index is 939. The van der Waals surface area contributed by atoms with Crippen LogP contribution in [0.1, 0.15) is 24.0 Å². The lowest BCUT2D eigenvalue weighted by atomic mass is 10.1. The first-order chi connectivity index (χ1) is 13.4. The van der Waals surface area contributed by atoms with Crippen molar-refractivity contribution in [2.75, 3.05) is 11.9 Å². The summed E-state index contributed by atoms with van der Waals surface area (Å²) in [5.41, 5.74) is 2.71. The number of rotatable bonds is 6. The Morgan fingerprint density at radius 1 is 1.21 bits per heavy atom. The zero-order chi connectivity index (χ0) is 20.1. The number of thioether (sulfide) groups is 1. The van der Waals surface area contributed by atoms with Gasteiger partial charge in [0.2, 0.25) is 5.91 Å². The number of aromatic hydroxyl groups is 1. The lowest BCUT2D eigenvalue weighted by molar-refractivity contribution is -0.122. The monoisotopic (exact) mass is 412 g/mol. The maximum Gasteiger partial charge on any atom is 0.266 e. The Balaban J connectivity index is 1.54. The van der Waals surface area contributed by atoms with Gasteiger partial charge in [0.1, 0.15) is 10.1 Å². The molecule has 0 bridgehead atoms. The normalized spacial score (nSPS) is 15.3. The molecule has 0 aromatic heterocycles. The van der Waals surface area contributed by atoms with Gasteiger partial charge in [-0.15, -0.1) is 0 Å². The second-order valence-electron chi connectivity index (χ2n) is 6.39. The Labute approximate surface area is 173 Å².